The van der Waals surface area contributed by atoms with Crippen LogP contribution in [0.25, 0.3) is 10.2 Å². The molecule has 0 saturated carbocycles. The molecule has 0 aliphatic rings. The summed E-state index contributed by atoms with van der Waals surface area (Å²) >= 11 is 1.58. The van der Waals surface area contributed by atoms with E-state index >= 15 is 0 Å². The highest BCUT2D eigenvalue weighted by molar-refractivity contribution is 7.22. The minimum absolute atomic E-state index is 0.0493. The third-order valence-electron chi connectivity index (χ3n) is 5.52. The third-order valence-corrected chi connectivity index (χ3v) is 6.47. The van der Waals surface area contributed by atoms with Gasteiger partial charge in [-0.2, -0.15) is 0 Å². The van der Waals surface area contributed by atoms with Gasteiger partial charge in [-0.3, -0.25) is 0 Å². The van der Waals surface area contributed by atoms with Crippen LogP contribution >= 0.6 is 11.3 Å². The molecule has 0 spiro atoms. The van der Waals surface area contributed by atoms with Crippen LogP contribution in [0.1, 0.15) is 31.9 Å². The Kier molecular flexibility index (Phi) is 6.38. The van der Waals surface area contributed by atoms with Crippen molar-refractivity contribution >= 4 is 32.4 Å². The second kappa shape index (κ2) is 9.76. The smallest absolute Gasteiger partial charge is 0.243 e. The Morgan fingerprint density at radius 1 is 0.886 bits per heavy atom. The van der Waals surface area contributed by atoms with Gasteiger partial charge in [0.05, 0.1) is 10.2 Å². The molecule has 0 fully saturated rings. The molecule has 0 amide bonds. The molecule has 0 radical (unpaired) electrons. The summed E-state index contributed by atoms with van der Waals surface area (Å²) in [6.45, 7) is 7.04. The number of thiazole rings is 1. The van der Waals surface area contributed by atoms with E-state index in [1.807, 2.05) is 66.7 Å². The highest BCUT2D eigenvalue weighted by Crippen LogP contribution is 2.37. The van der Waals surface area contributed by atoms with Gasteiger partial charge in [-0.15, -0.1) is 0 Å². The fraction of sp³-hybridized carbons (Fsp3) is 0.172. The van der Waals surface area contributed by atoms with E-state index in [2.05, 4.69) is 49.3 Å². The van der Waals surface area contributed by atoms with E-state index in [9.17, 15) is 0 Å². The van der Waals surface area contributed by atoms with Crippen LogP contribution < -0.4 is 14.8 Å². The average molecular weight is 482 g/mol. The molecule has 6 heteroatoms. The normalized spacial score (nSPS) is 11.4. The van der Waals surface area contributed by atoms with Crippen molar-refractivity contribution in [2.45, 2.75) is 32.8 Å². The first-order chi connectivity index (χ1) is 17.0. The fourth-order valence-corrected chi connectivity index (χ4v) is 4.61. The maximum Gasteiger partial charge on any atom is 0.243 e. The van der Waals surface area contributed by atoms with Crippen LogP contribution in [0, 0.1) is 0 Å². The highest BCUT2D eigenvalue weighted by Gasteiger charge is 2.20. The summed E-state index contributed by atoms with van der Waals surface area (Å²) < 4.78 is 13.3. The zero-order chi connectivity index (χ0) is 24.3. The summed E-state index contributed by atoms with van der Waals surface area (Å²) in [5.74, 6) is 2.10. The van der Waals surface area contributed by atoms with E-state index in [1.54, 1.807) is 17.5 Å². The topological polar surface area (TPSA) is 56.3 Å². The molecule has 2 heterocycles. The second-order valence-corrected chi connectivity index (χ2v) is 10.3. The number of anilines is 2. The van der Waals surface area contributed by atoms with Crippen LogP contribution in [0.2, 0.25) is 0 Å². The SMILES string of the molecule is CC(C)(C)c1ccccc1Oc1ncccc1Nc1nc2cc(OCc3ccccc3)ccc2s1. The first-order valence-corrected chi connectivity index (χ1v) is 12.3. The van der Waals surface area contributed by atoms with Crippen LogP contribution in [0.4, 0.5) is 10.8 Å². The molecule has 0 unspecified atom stereocenters. The Balaban J connectivity index is 1.35. The van der Waals surface area contributed by atoms with Crippen molar-refractivity contribution in [2.24, 2.45) is 0 Å². The summed E-state index contributed by atoms with van der Waals surface area (Å²) in [5.41, 5.74) is 3.85. The molecule has 2 aromatic heterocycles. The number of aromatic nitrogens is 2. The standard InChI is InChI=1S/C29H27N3O2S/c1-29(2,3)22-12-7-8-14-25(22)34-27-23(13-9-17-30-27)31-28-32-24-18-21(15-16-26(24)35-28)33-19-20-10-5-4-6-11-20/h4-18H,19H2,1-3H3,(H,31,32). The van der Waals surface area contributed by atoms with E-state index in [4.69, 9.17) is 14.5 Å². The Morgan fingerprint density at radius 2 is 1.69 bits per heavy atom. The number of fused-ring (bicyclic) bond motifs is 1. The molecule has 176 valence electrons. The Bertz CT molecular complexity index is 1440. The van der Waals surface area contributed by atoms with Crippen LogP contribution in [-0.2, 0) is 12.0 Å². The molecule has 5 aromatic rings. The monoisotopic (exact) mass is 481 g/mol. The number of pyridine rings is 1. The van der Waals surface area contributed by atoms with E-state index in [0.717, 1.165) is 43.7 Å². The molecule has 1 N–H and O–H groups in total. The van der Waals surface area contributed by atoms with Crippen molar-refractivity contribution in [3.05, 3.63) is 102 Å². The lowest BCUT2D eigenvalue weighted by molar-refractivity contribution is 0.306. The van der Waals surface area contributed by atoms with E-state index in [-0.39, 0.29) is 5.41 Å². The van der Waals surface area contributed by atoms with E-state index in [1.165, 1.54) is 0 Å². The maximum absolute atomic E-state index is 6.29. The van der Waals surface area contributed by atoms with Crippen molar-refractivity contribution in [1.82, 2.24) is 9.97 Å². The van der Waals surface area contributed by atoms with Crippen molar-refractivity contribution in [1.29, 1.82) is 0 Å². The van der Waals surface area contributed by atoms with Crippen LogP contribution in [0.3, 0.4) is 0 Å². The largest absolute Gasteiger partial charge is 0.489 e. The van der Waals surface area contributed by atoms with Crippen LogP contribution in [0.15, 0.2) is 91.1 Å². The van der Waals surface area contributed by atoms with Gasteiger partial charge in [0.15, 0.2) is 5.13 Å². The number of nitrogens with zero attached hydrogens (tertiary/aromatic N) is 2. The highest BCUT2D eigenvalue weighted by atomic mass is 32.1. The summed E-state index contributed by atoms with van der Waals surface area (Å²) in [6, 6.07) is 28.0. The molecule has 0 atom stereocenters. The van der Waals surface area contributed by atoms with Gasteiger partial charge in [0.1, 0.15) is 23.8 Å². The third kappa shape index (κ3) is 5.44. The Labute approximate surface area is 209 Å². The first kappa shape index (κ1) is 22.9. The molecule has 0 aliphatic heterocycles. The zero-order valence-corrected chi connectivity index (χ0v) is 20.8. The molecule has 0 bridgehead atoms. The number of benzene rings is 3. The van der Waals surface area contributed by atoms with Gasteiger partial charge < -0.3 is 14.8 Å². The molecule has 5 nitrogen and oxygen atoms in total. The Hall–Kier alpha value is -3.90. The average Bonchev–Trinajstić information content (AvgIpc) is 3.26. The molecule has 0 saturated heterocycles. The molecule has 35 heavy (non-hydrogen) atoms. The van der Waals surface area contributed by atoms with Gasteiger partial charge in [0, 0.05) is 17.8 Å². The van der Waals surface area contributed by atoms with Crippen LogP contribution in [0.5, 0.6) is 17.4 Å². The van der Waals surface area contributed by atoms with Gasteiger partial charge in [-0.25, -0.2) is 9.97 Å². The number of nitrogens with one attached hydrogen (secondary N) is 1. The van der Waals surface area contributed by atoms with E-state index in [0.29, 0.717) is 12.5 Å². The predicted octanol–water partition coefficient (Wildman–Crippen LogP) is 8.10. The molecular weight excluding hydrogens is 454 g/mol. The van der Waals surface area contributed by atoms with Crippen LogP contribution in [-0.4, -0.2) is 9.97 Å². The minimum Gasteiger partial charge on any atom is -0.489 e. The summed E-state index contributed by atoms with van der Waals surface area (Å²) in [5, 5.41) is 4.16. The lowest BCUT2D eigenvalue weighted by Crippen LogP contribution is -2.12. The van der Waals surface area contributed by atoms with Gasteiger partial charge in [0.25, 0.3) is 0 Å². The predicted molar refractivity (Wildman–Crippen MR) is 143 cm³/mol. The van der Waals surface area contributed by atoms with Crippen molar-refractivity contribution < 1.29 is 9.47 Å². The van der Waals surface area contributed by atoms with Gasteiger partial charge in [0.2, 0.25) is 5.88 Å². The van der Waals surface area contributed by atoms with Gasteiger partial charge in [-0.1, -0.05) is 80.6 Å². The van der Waals surface area contributed by atoms with Gasteiger partial charge in [-0.05, 0) is 41.3 Å². The number of ether oxygens (including phenoxy) is 2. The quantitative estimate of drug-likeness (QED) is 0.254. The summed E-state index contributed by atoms with van der Waals surface area (Å²) in [4.78, 5) is 9.26. The lowest BCUT2D eigenvalue weighted by atomic mass is 9.86. The lowest BCUT2D eigenvalue weighted by Gasteiger charge is -2.22. The molecular formula is C29H27N3O2S. The number of hydrogen-bond acceptors (Lipinski definition) is 6. The number of rotatable bonds is 7. The summed E-state index contributed by atoms with van der Waals surface area (Å²) in [6.07, 6.45) is 1.73. The van der Waals surface area contributed by atoms with Gasteiger partial charge >= 0.3 is 0 Å². The summed E-state index contributed by atoms with van der Waals surface area (Å²) in [7, 11) is 0. The second-order valence-electron chi connectivity index (χ2n) is 9.25. The fourth-order valence-electron chi connectivity index (χ4n) is 3.75. The Morgan fingerprint density at radius 3 is 2.51 bits per heavy atom. The zero-order valence-electron chi connectivity index (χ0n) is 20.0. The molecule has 5 rings (SSSR count). The van der Waals surface area contributed by atoms with Crippen molar-refractivity contribution in [2.75, 3.05) is 5.32 Å². The number of para-hydroxylation sites is 1. The van der Waals surface area contributed by atoms with Crippen molar-refractivity contribution in [3.8, 4) is 17.4 Å². The van der Waals surface area contributed by atoms with E-state index < -0.39 is 0 Å². The number of hydrogen-bond donors (Lipinski definition) is 1. The first-order valence-electron chi connectivity index (χ1n) is 11.5. The van der Waals surface area contributed by atoms with Crippen molar-refractivity contribution in [3.63, 3.8) is 0 Å². The molecule has 0 aliphatic carbocycles. The maximum atomic E-state index is 6.29. The molecule has 3 aromatic carbocycles. The minimum atomic E-state index is -0.0493.